The van der Waals surface area contributed by atoms with E-state index in [1.807, 2.05) is 18.2 Å². The highest BCUT2D eigenvalue weighted by Gasteiger charge is 2.14. The predicted molar refractivity (Wildman–Crippen MR) is 90.5 cm³/mol. The van der Waals surface area contributed by atoms with Gasteiger partial charge in [0, 0.05) is 24.0 Å². The highest BCUT2D eigenvalue weighted by molar-refractivity contribution is 7.16. The van der Waals surface area contributed by atoms with Gasteiger partial charge in [0.1, 0.15) is 5.75 Å². The number of benzene rings is 1. The Balaban J connectivity index is 1.98. The number of ether oxygens (including phenoxy) is 1. The van der Waals surface area contributed by atoms with Crippen LogP contribution in [-0.2, 0) is 6.54 Å². The van der Waals surface area contributed by atoms with E-state index in [1.54, 1.807) is 18.4 Å². The number of likely N-dealkylation sites (N-methyl/N-ethyl adjacent to an activating group) is 1. The minimum absolute atomic E-state index is 0.301. The molecule has 0 aliphatic carbocycles. The van der Waals surface area contributed by atoms with Gasteiger partial charge in [-0.05, 0) is 43.9 Å². The van der Waals surface area contributed by atoms with Gasteiger partial charge in [0.25, 0.3) is 0 Å². The molecule has 0 spiro atoms. The molecule has 0 amide bonds. The second kappa shape index (κ2) is 7.80. The second-order valence-corrected chi connectivity index (χ2v) is 6.89. The van der Waals surface area contributed by atoms with Crippen molar-refractivity contribution in [1.82, 2.24) is 10.2 Å². The van der Waals surface area contributed by atoms with Crippen LogP contribution in [0.4, 0.5) is 0 Å². The summed E-state index contributed by atoms with van der Waals surface area (Å²) < 4.78 is 6.15. The molecular formula is C16H21ClN2OS. The first-order valence-electron chi connectivity index (χ1n) is 6.85. The fourth-order valence-electron chi connectivity index (χ4n) is 2.23. The lowest BCUT2D eigenvalue weighted by atomic mass is 10.1. The Morgan fingerprint density at radius 3 is 2.71 bits per heavy atom. The summed E-state index contributed by atoms with van der Waals surface area (Å²) >= 11 is 7.57. The van der Waals surface area contributed by atoms with Gasteiger partial charge in [-0.15, -0.1) is 11.3 Å². The number of methoxy groups -OCH3 is 1. The van der Waals surface area contributed by atoms with E-state index in [0.717, 1.165) is 23.2 Å². The first kappa shape index (κ1) is 16.3. The van der Waals surface area contributed by atoms with Crippen LogP contribution in [0.5, 0.6) is 5.75 Å². The van der Waals surface area contributed by atoms with Gasteiger partial charge in [0.15, 0.2) is 0 Å². The Kier molecular flexibility index (Phi) is 6.06. The quantitative estimate of drug-likeness (QED) is 0.838. The van der Waals surface area contributed by atoms with Crippen molar-refractivity contribution in [3.8, 4) is 5.75 Å². The minimum Gasteiger partial charge on any atom is -0.497 e. The molecule has 0 aliphatic heterocycles. The Labute approximate surface area is 135 Å². The summed E-state index contributed by atoms with van der Waals surface area (Å²) in [6, 6.07) is 12.5. The summed E-state index contributed by atoms with van der Waals surface area (Å²) in [6.45, 7) is 1.71. The zero-order valence-corrected chi connectivity index (χ0v) is 14.2. The van der Waals surface area contributed by atoms with Crippen LogP contribution in [0.2, 0.25) is 4.34 Å². The molecule has 5 heteroatoms. The minimum atomic E-state index is 0.301. The van der Waals surface area contributed by atoms with Crippen LogP contribution < -0.4 is 10.1 Å². The Bertz CT molecular complexity index is 571. The Morgan fingerprint density at radius 1 is 1.29 bits per heavy atom. The van der Waals surface area contributed by atoms with Gasteiger partial charge < -0.3 is 15.0 Å². The summed E-state index contributed by atoms with van der Waals surface area (Å²) in [5.74, 6) is 0.893. The van der Waals surface area contributed by atoms with Gasteiger partial charge in [0.2, 0.25) is 0 Å². The van der Waals surface area contributed by atoms with E-state index in [4.69, 9.17) is 16.3 Å². The zero-order valence-electron chi connectivity index (χ0n) is 12.6. The van der Waals surface area contributed by atoms with Crippen LogP contribution in [0.3, 0.4) is 0 Å². The van der Waals surface area contributed by atoms with Crippen molar-refractivity contribution in [2.24, 2.45) is 0 Å². The molecule has 1 N–H and O–H groups in total. The Morgan fingerprint density at radius 2 is 2.10 bits per heavy atom. The number of hydrogen-bond acceptors (Lipinski definition) is 4. The highest BCUT2D eigenvalue weighted by Crippen LogP contribution is 2.23. The smallest absolute Gasteiger partial charge is 0.119 e. The van der Waals surface area contributed by atoms with E-state index in [9.17, 15) is 0 Å². The van der Waals surface area contributed by atoms with Crippen molar-refractivity contribution in [3.05, 3.63) is 51.2 Å². The maximum absolute atomic E-state index is 5.95. The maximum atomic E-state index is 5.95. The molecule has 21 heavy (non-hydrogen) atoms. The molecule has 0 radical (unpaired) electrons. The van der Waals surface area contributed by atoms with E-state index in [1.165, 1.54) is 10.4 Å². The van der Waals surface area contributed by atoms with Crippen LogP contribution in [0.25, 0.3) is 0 Å². The number of thiophene rings is 1. The third kappa shape index (κ3) is 4.71. The first-order chi connectivity index (χ1) is 10.1. The highest BCUT2D eigenvalue weighted by atomic mass is 35.5. The normalized spacial score (nSPS) is 12.6. The van der Waals surface area contributed by atoms with Crippen molar-refractivity contribution in [3.63, 3.8) is 0 Å². The lowest BCUT2D eigenvalue weighted by Gasteiger charge is -2.25. The molecule has 0 aliphatic rings. The molecule has 1 heterocycles. The topological polar surface area (TPSA) is 24.5 Å². The number of nitrogens with zero attached hydrogens (tertiary/aromatic N) is 1. The third-order valence-electron chi connectivity index (χ3n) is 3.37. The standard InChI is InChI=1S/C16H21ClN2OS/c1-19(2)15(12-5-4-6-13(9-12)20-3)11-18-10-14-7-8-16(17)21-14/h4-9,15,18H,10-11H2,1-3H3. The summed E-state index contributed by atoms with van der Waals surface area (Å²) in [7, 11) is 5.88. The second-order valence-electron chi connectivity index (χ2n) is 5.09. The van der Waals surface area contributed by atoms with Crippen LogP contribution >= 0.6 is 22.9 Å². The largest absolute Gasteiger partial charge is 0.497 e. The van der Waals surface area contributed by atoms with Gasteiger partial charge >= 0.3 is 0 Å². The number of hydrogen-bond donors (Lipinski definition) is 1. The van der Waals surface area contributed by atoms with Gasteiger partial charge in [0.05, 0.1) is 11.4 Å². The molecule has 2 aromatic rings. The SMILES string of the molecule is COc1cccc(C(CNCc2ccc(Cl)s2)N(C)C)c1. The molecule has 1 atom stereocenters. The molecule has 0 bridgehead atoms. The number of rotatable bonds is 7. The van der Waals surface area contributed by atoms with Crippen molar-refractivity contribution in [2.75, 3.05) is 27.7 Å². The fraction of sp³-hybridized carbons (Fsp3) is 0.375. The summed E-state index contributed by atoms with van der Waals surface area (Å²) in [5, 5.41) is 3.50. The van der Waals surface area contributed by atoms with E-state index < -0.39 is 0 Å². The monoisotopic (exact) mass is 324 g/mol. The maximum Gasteiger partial charge on any atom is 0.119 e. The molecule has 0 saturated heterocycles. The number of halogens is 1. The Hall–Kier alpha value is -1.07. The van der Waals surface area contributed by atoms with E-state index in [2.05, 4.69) is 42.5 Å². The van der Waals surface area contributed by atoms with Gasteiger partial charge in [-0.1, -0.05) is 23.7 Å². The summed E-state index contributed by atoms with van der Waals surface area (Å²) in [5.41, 5.74) is 1.25. The zero-order chi connectivity index (χ0) is 15.2. The van der Waals surface area contributed by atoms with Crippen molar-refractivity contribution in [2.45, 2.75) is 12.6 Å². The van der Waals surface area contributed by atoms with Crippen molar-refractivity contribution < 1.29 is 4.74 Å². The van der Waals surface area contributed by atoms with Gasteiger partial charge in [-0.2, -0.15) is 0 Å². The average molecular weight is 325 g/mol. The van der Waals surface area contributed by atoms with E-state index >= 15 is 0 Å². The number of nitrogens with one attached hydrogen (secondary N) is 1. The predicted octanol–water partition coefficient (Wildman–Crippen LogP) is 3.80. The molecule has 0 saturated carbocycles. The van der Waals surface area contributed by atoms with E-state index in [-0.39, 0.29) is 0 Å². The average Bonchev–Trinajstić information content (AvgIpc) is 2.89. The fourth-order valence-corrected chi connectivity index (χ4v) is 3.28. The molecular weight excluding hydrogens is 304 g/mol. The van der Waals surface area contributed by atoms with Crippen LogP contribution in [0.15, 0.2) is 36.4 Å². The molecule has 114 valence electrons. The molecule has 1 unspecified atom stereocenters. The lowest BCUT2D eigenvalue weighted by Crippen LogP contribution is -2.30. The van der Waals surface area contributed by atoms with Crippen LogP contribution in [0, 0.1) is 0 Å². The van der Waals surface area contributed by atoms with Gasteiger partial charge in [-0.3, -0.25) is 0 Å². The molecule has 1 aromatic carbocycles. The molecule has 3 nitrogen and oxygen atoms in total. The first-order valence-corrected chi connectivity index (χ1v) is 8.05. The lowest BCUT2D eigenvalue weighted by molar-refractivity contribution is 0.287. The van der Waals surface area contributed by atoms with Gasteiger partial charge in [-0.25, -0.2) is 0 Å². The van der Waals surface area contributed by atoms with Crippen LogP contribution in [0.1, 0.15) is 16.5 Å². The van der Waals surface area contributed by atoms with E-state index in [0.29, 0.717) is 6.04 Å². The molecule has 2 rings (SSSR count). The van der Waals surface area contributed by atoms with Crippen molar-refractivity contribution >= 4 is 22.9 Å². The third-order valence-corrected chi connectivity index (χ3v) is 4.60. The van der Waals surface area contributed by atoms with Crippen LogP contribution in [-0.4, -0.2) is 32.6 Å². The summed E-state index contributed by atoms with van der Waals surface area (Å²) in [4.78, 5) is 3.46. The molecule has 0 fully saturated rings. The van der Waals surface area contributed by atoms with Crippen molar-refractivity contribution in [1.29, 1.82) is 0 Å². The summed E-state index contributed by atoms with van der Waals surface area (Å²) in [6.07, 6.45) is 0. The molecule has 1 aromatic heterocycles.